The molecule has 25 heavy (non-hydrogen) atoms. The second-order valence-corrected chi connectivity index (χ2v) is 8.16. The van der Waals surface area contributed by atoms with Crippen LogP contribution in [0.5, 0.6) is 0 Å². The minimum absolute atomic E-state index is 0.109. The SMILES string of the molecule is CCN(CC)S(=O)(=O)c1ccc(C(=O)CNc2ccccc2Br)cc1. The number of Topliss-reactive ketones (excluding diaryl/α,β-unsaturated/α-hetero) is 1. The van der Waals surface area contributed by atoms with Gasteiger partial charge in [0.25, 0.3) is 0 Å². The Hall–Kier alpha value is -1.70. The van der Waals surface area contributed by atoms with Gasteiger partial charge in [-0.15, -0.1) is 0 Å². The Morgan fingerprint density at radius 1 is 1.04 bits per heavy atom. The van der Waals surface area contributed by atoms with Gasteiger partial charge in [-0.2, -0.15) is 4.31 Å². The number of ketones is 1. The van der Waals surface area contributed by atoms with Crippen molar-refractivity contribution in [1.82, 2.24) is 4.31 Å². The van der Waals surface area contributed by atoms with Crippen LogP contribution in [0.2, 0.25) is 0 Å². The third-order valence-corrected chi connectivity index (χ3v) is 6.59. The van der Waals surface area contributed by atoms with Crippen molar-refractivity contribution >= 4 is 37.4 Å². The van der Waals surface area contributed by atoms with Crippen molar-refractivity contribution in [2.24, 2.45) is 0 Å². The van der Waals surface area contributed by atoms with Crippen LogP contribution in [-0.2, 0) is 10.0 Å². The van der Waals surface area contributed by atoms with E-state index in [1.54, 1.807) is 26.0 Å². The number of anilines is 1. The van der Waals surface area contributed by atoms with Crippen LogP contribution in [0.15, 0.2) is 57.9 Å². The Morgan fingerprint density at radius 3 is 2.20 bits per heavy atom. The molecule has 134 valence electrons. The van der Waals surface area contributed by atoms with E-state index in [4.69, 9.17) is 0 Å². The molecule has 0 saturated carbocycles. The molecule has 2 aromatic carbocycles. The van der Waals surface area contributed by atoms with Crippen molar-refractivity contribution in [3.8, 4) is 0 Å². The van der Waals surface area contributed by atoms with E-state index in [-0.39, 0.29) is 17.2 Å². The number of nitrogens with zero attached hydrogens (tertiary/aromatic N) is 1. The molecule has 0 aliphatic heterocycles. The van der Waals surface area contributed by atoms with Gasteiger partial charge in [-0.1, -0.05) is 26.0 Å². The lowest BCUT2D eigenvalue weighted by molar-refractivity contribution is 0.101. The second kappa shape index (κ2) is 8.60. The van der Waals surface area contributed by atoms with Gasteiger partial charge in [0.1, 0.15) is 0 Å². The molecule has 0 aliphatic rings. The molecule has 0 fully saturated rings. The summed E-state index contributed by atoms with van der Waals surface area (Å²) in [6, 6.07) is 13.6. The largest absolute Gasteiger partial charge is 0.377 e. The number of sulfonamides is 1. The summed E-state index contributed by atoms with van der Waals surface area (Å²) in [7, 11) is -3.50. The number of hydrogen-bond acceptors (Lipinski definition) is 4. The maximum atomic E-state index is 12.4. The first-order valence-corrected chi connectivity index (χ1v) is 10.2. The molecule has 0 radical (unpaired) electrons. The maximum absolute atomic E-state index is 12.4. The highest BCUT2D eigenvalue weighted by Gasteiger charge is 2.21. The summed E-state index contributed by atoms with van der Waals surface area (Å²) in [6.45, 7) is 4.55. The van der Waals surface area contributed by atoms with Crippen LogP contribution in [0.4, 0.5) is 5.69 Å². The number of halogens is 1. The molecule has 1 N–H and O–H groups in total. The van der Waals surface area contributed by atoms with Crippen LogP contribution in [0.1, 0.15) is 24.2 Å². The Labute approximate surface area is 157 Å². The minimum atomic E-state index is -3.50. The van der Waals surface area contributed by atoms with Crippen molar-refractivity contribution in [3.63, 3.8) is 0 Å². The predicted octanol–water partition coefficient (Wildman–Crippen LogP) is 3.77. The third kappa shape index (κ3) is 4.68. The van der Waals surface area contributed by atoms with Gasteiger partial charge in [0, 0.05) is 28.8 Å². The van der Waals surface area contributed by atoms with Gasteiger partial charge in [-0.05, 0) is 52.3 Å². The van der Waals surface area contributed by atoms with E-state index in [0.717, 1.165) is 10.2 Å². The molecule has 0 bridgehead atoms. The highest BCUT2D eigenvalue weighted by atomic mass is 79.9. The van der Waals surface area contributed by atoms with Crippen LogP contribution in [0, 0.1) is 0 Å². The molecule has 2 rings (SSSR count). The molecule has 0 spiro atoms. The normalized spacial score (nSPS) is 11.5. The number of rotatable bonds is 8. The molecule has 0 amide bonds. The minimum Gasteiger partial charge on any atom is -0.377 e. The molecule has 7 heteroatoms. The summed E-state index contributed by atoms with van der Waals surface area (Å²) >= 11 is 3.42. The second-order valence-electron chi connectivity index (χ2n) is 5.37. The first-order chi connectivity index (χ1) is 11.9. The molecule has 0 heterocycles. The molecular formula is C18H21BrN2O3S. The molecule has 0 aromatic heterocycles. The number of carbonyl (C=O) groups excluding carboxylic acids is 1. The topological polar surface area (TPSA) is 66.5 Å². The van der Waals surface area contributed by atoms with Crippen LogP contribution in [0.25, 0.3) is 0 Å². The lowest BCUT2D eigenvalue weighted by Crippen LogP contribution is -2.30. The summed E-state index contributed by atoms with van der Waals surface area (Å²) in [5.74, 6) is -0.109. The fourth-order valence-corrected chi connectivity index (χ4v) is 4.29. The van der Waals surface area contributed by atoms with Crippen molar-refractivity contribution in [1.29, 1.82) is 0 Å². The fraction of sp³-hybridized carbons (Fsp3) is 0.278. The van der Waals surface area contributed by atoms with Crippen molar-refractivity contribution in [3.05, 3.63) is 58.6 Å². The molecule has 0 aliphatic carbocycles. The molecule has 0 saturated heterocycles. The number of para-hydroxylation sites is 1. The zero-order valence-electron chi connectivity index (χ0n) is 14.2. The van der Waals surface area contributed by atoms with E-state index in [9.17, 15) is 13.2 Å². The first-order valence-electron chi connectivity index (χ1n) is 8.02. The zero-order valence-corrected chi connectivity index (χ0v) is 16.6. The lowest BCUT2D eigenvalue weighted by Gasteiger charge is -2.18. The summed E-state index contributed by atoms with van der Waals surface area (Å²) in [4.78, 5) is 12.5. The highest BCUT2D eigenvalue weighted by Crippen LogP contribution is 2.21. The van der Waals surface area contributed by atoms with E-state index >= 15 is 0 Å². The van der Waals surface area contributed by atoms with E-state index in [1.165, 1.54) is 16.4 Å². The Bertz CT molecular complexity index is 832. The van der Waals surface area contributed by atoms with Crippen LogP contribution >= 0.6 is 15.9 Å². The zero-order chi connectivity index (χ0) is 18.4. The van der Waals surface area contributed by atoms with Gasteiger partial charge in [-0.25, -0.2) is 8.42 Å². The van der Waals surface area contributed by atoms with Gasteiger partial charge >= 0.3 is 0 Å². The summed E-state index contributed by atoms with van der Waals surface area (Å²) in [6.07, 6.45) is 0. The average Bonchev–Trinajstić information content (AvgIpc) is 2.61. The molecule has 5 nitrogen and oxygen atoms in total. The molecular weight excluding hydrogens is 404 g/mol. The van der Waals surface area contributed by atoms with Gasteiger partial charge in [0.2, 0.25) is 10.0 Å². The Kier molecular flexibility index (Phi) is 6.75. The van der Waals surface area contributed by atoms with Crippen molar-refractivity contribution in [2.45, 2.75) is 18.7 Å². The predicted molar refractivity (Wildman–Crippen MR) is 104 cm³/mol. The highest BCUT2D eigenvalue weighted by molar-refractivity contribution is 9.10. The quantitative estimate of drug-likeness (QED) is 0.654. The van der Waals surface area contributed by atoms with Crippen molar-refractivity contribution in [2.75, 3.05) is 25.0 Å². The fourth-order valence-electron chi connectivity index (χ4n) is 2.41. The van der Waals surface area contributed by atoms with Crippen LogP contribution in [0.3, 0.4) is 0 Å². The van der Waals surface area contributed by atoms with Gasteiger partial charge in [0.15, 0.2) is 5.78 Å². The number of hydrogen-bond donors (Lipinski definition) is 1. The number of nitrogens with one attached hydrogen (secondary N) is 1. The van der Waals surface area contributed by atoms with E-state index in [0.29, 0.717) is 18.7 Å². The van der Waals surface area contributed by atoms with E-state index < -0.39 is 10.0 Å². The number of benzene rings is 2. The van der Waals surface area contributed by atoms with Crippen LogP contribution in [-0.4, -0.2) is 38.1 Å². The molecule has 0 atom stereocenters. The smallest absolute Gasteiger partial charge is 0.243 e. The first kappa shape index (κ1) is 19.6. The van der Waals surface area contributed by atoms with E-state index in [1.807, 2.05) is 24.3 Å². The number of carbonyl (C=O) groups is 1. The van der Waals surface area contributed by atoms with Gasteiger partial charge in [-0.3, -0.25) is 4.79 Å². The monoisotopic (exact) mass is 424 g/mol. The summed E-state index contributed by atoms with van der Waals surface area (Å²) in [5.41, 5.74) is 1.30. The lowest BCUT2D eigenvalue weighted by atomic mass is 10.1. The van der Waals surface area contributed by atoms with Gasteiger partial charge in [0.05, 0.1) is 11.4 Å². The van der Waals surface area contributed by atoms with Crippen LogP contribution < -0.4 is 5.32 Å². The van der Waals surface area contributed by atoms with Crippen molar-refractivity contribution < 1.29 is 13.2 Å². The summed E-state index contributed by atoms with van der Waals surface area (Å²) in [5, 5.41) is 3.07. The molecule has 2 aromatic rings. The van der Waals surface area contributed by atoms with E-state index in [2.05, 4.69) is 21.2 Å². The summed E-state index contributed by atoms with van der Waals surface area (Å²) < 4.78 is 27.2. The molecule has 0 unspecified atom stereocenters. The standard InChI is InChI=1S/C18H21BrN2O3S/c1-3-21(4-2)25(23,24)15-11-9-14(10-12-15)18(22)13-20-17-8-6-5-7-16(17)19/h5-12,20H,3-4,13H2,1-2H3. The Balaban J connectivity index is 2.09. The van der Waals surface area contributed by atoms with Gasteiger partial charge < -0.3 is 5.32 Å². The third-order valence-electron chi connectivity index (χ3n) is 3.83. The Morgan fingerprint density at radius 2 is 1.64 bits per heavy atom. The maximum Gasteiger partial charge on any atom is 0.243 e. The average molecular weight is 425 g/mol.